The van der Waals surface area contributed by atoms with Crippen LogP contribution >= 0.6 is 11.3 Å². The average molecular weight is 713 g/mol. The molecule has 252 valence electrons. The number of ether oxygens (including phenoxy) is 2. The molecule has 6 rings (SSSR count). The van der Waals surface area contributed by atoms with Crippen molar-refractivity contribution < 1.29 is 49.0 Å². The summed E-state index contributed by atoms with van der Waals surface area (Å²) in [6, 6.07) is 6.99. The van der Waals surface area contributed by atoms with E-state index >= 15 is 0 Å². The molecule has 48 heavy (non-hydrogen) atoms. The van der Waals surface area contributed by atoms with E-state index in [2.05, 4.69) is 29.7 Å². The van der Waals surface area contributed by atoms with Crippen LogP contribution in [0.5, 0.6) is 11.5 Å². The summed E-state index contributed by atoms with van der Waals surface area (Å²) in [6.45, 7) is -0.419. The summed E-state index contributed by atoms with van der Waals surface area (Å²) < 4.78 is 112. The van der Waals surface area contributed by atoms with Gasteiger partial charge >= 0.3 is 12.7 Å². The van der Waals surface area contributed by atoms with Gasteiger partial charge in [0.2, 0.25) is 15.9 Å². The molecule has 11 nitrogen and oxygen atoms in total. The molecule has 1 N–H and O–H groups in total. The first kappa shape index (κ1) is 33.2. The molecule has 2 aromatic carbocycles. The number of carbonyl (C=O) groups is 1. The van der Waals surface area contributed by atoms with Crippen molar-refractivity contribution in [2.75, 3.05) is 24.5 Å². The molecule has 19 heteroatoms. The van der Waals surface area contributed by atoms with E-state index in [0.717, 1.165) is 46.3 Å². The van der Waals surface area contributed by atoms with Crippen LogP contribution in [0.15, 0.2) is 77.9 Å². The number of hydrogen-bond donors (Lipinski definition) is 1. The van der Waals surface area contributed by atoms with E-state index in [-0.39, 0.29) is 31.1 Å². The minimum absolute atomic E-state index is 0.104. The van der Waals surface area contributed by atoms with E-state index in [1.54, 1.807) is 11.1 Å². The largest absolute Gasteiger partial charge is 0.573 e. The molecule has 1 aliphatic heterocycles. The Balaban J connectivity index is 1.24. The Morgan fingerprint density at radius 2 is 1.56 bits per heavy atom. The Morgan fingerprint density at radius 1 is 0.938 bits per heavy atom. The molecule has 1 aliphatic carbocycles. The number of nitrogens with one attached hydrogen (secondary N) is 1. The van der Waals surface area contributed by atoms with E-state index in [0.29, 0.717) is 26.9 Å². The highest BCUT2D eigenvalue weighted by molar-refractivity contribution is 7.89. The SMILES string of the molecule is O=C(NCc1ccc(OC(F)(F)F)cc1)[C@H]1CN(c2nc3nc(C4=CC=C4)ncc3s2)CCN1S(=O)(=O)c1ccc(OC(F)(F)F)cc1. The highest BCUT2D eigenvalue weighted by Crippen LogP contribution is 2.33. The molecule has 0 bridgehead atoms. The number of rotatable bonds is 9. The minimum Gasteiger partial charge on any atom is -0.406 e. The third-order valence-corrected chi connectivity index (χ3v) is 10.1. The topological polar surface area (TPSA) is 127 Å². The number of thiazole rings is 1. The van der Waals surface area contributed by atoms with Gasteiger partial charge in [0.25, 0.3) is 0 Å². The number of amides is 1. The zero-order chi connectivity index (χ0) is 34.3. The van der Waals surface area contributed by atoms with Crippen molar-refractivity contribution in [3.63, 3.8) is 0 Å². The monoisotopic (exact) mass is 712 g/mol. The Hall–Kier alpha value is -4.75. The molecule has 1 fully saturated rings. The fourth-order valence-electron chi connectivity index (χ4n) is 4.85. The number of anilines is 1. The second kappa shape index (κ2) is 12.7. The summed E-state index contributed by atoms with van der Waals surface area (Å²) in [5.74, 6) is -1.33. The predicted molar refractivity (Wildman–Crippen MR) is 160 cm³/mol. The van der Waals surface area contributed by atoms with Crippen LogP contribution in [0, 0.1) is 0 Å². The summed E-state index contributed by atoms with van der Waals surface area (Å²) in [4.78, 5) is 28.4. The van der Waals surface area contributed by atoms with Gasteiger partial charge in [-0.3, -0.25) is 4.79 Å². The molecule has 1 amide bonds. The van der Waals surface area contributed by atoms with Crippen LogP contribution < -0.4 is 19.7 Å². The normalized spacial score (nSPS) is 17.2. The maximum absolute atomic E-state index is 13.8. The zero-order valence-electron chi connectivity index (χ0n) is 24.2. The third-order valence-electron chi connectivity index (χ3n) is 7.14. The summed E-state index contributed by atoms with van der Waals surface area (Å²) in [6.07, 6.45) is -2.71. The van der Waals surface area contributed by atoms with Gasteiger partial charge < -0.3 is 19.7 Å². The molecular formula is C29H22F6N6O5S2. The van der Waals surface area contributed by atoms with Crippen molar-refractivity contribution in [3.8, 4) is 11.5 Å². The van der Waals surface area contributed by atoms with E-state index in [9.17, 15) is 39.6 Å². The van der Waals surface area contributed by atoms with Crippen LogP contribution in [-0.4, -0.2) is 72.0 Å². The number of benzene rings is 2. The first-order valence-corrected chi connectivity index (χ1v) is 16.2. The summed E-state index contributed by atoms with van der Waals surface area (Å²) in [7, 11) is -4.43. The van der Waals surface area contributed by atoms with Crippen molar-refractivity contribution in [2.24, 2.45) is 0 Å². The number of aromatic nitrogens is 3. The van der Waals surface area contributed by atoms with Crippen molar-refractivity contribution in [3.05, 3.63) is 84.3 Å². The molecule has 2 aliphatic rings. The fraction of sp³-hybridized carbons (Fsp3) is 0.241. The van der Waals surface area contributed by atoms with Crippen LogP contribution in [0.1, 0.15) is 11.4 Å². The molecule has 3 heterocycles. The lowest BCUT2D eigenvalue weighted by molar-refractivity contribution is -0.275. The number of sulfonamides is 1. The first-order valence-electron chi connectivity index (χ1n) is 13.9. The van der Waals surface area contributed by atoms with Gasteiger partial charge in [-0.25, -0.2) is 18.4 Å². The van der Waals surface area contributed by atoms with Crippen LogP contribution in [0.25, 0.3) is 15.9 Å². The Kier molecular flexibility index (Phi) is 8.77. The number of fused-ring (bicyclic) bond motifs is 1. The first-order chi connectivity index (χ1) is 22.6. The highest BCUT2D eigenvalue weighted by Gasteiger charge is 2.41. The van der Waals surface area contributed by atoms with Crippen molar-refractivity contribution >= 4 is 48.3 Å². The van der Waals surface area contributed by atoms with Gasteiger partial charge in [-0.15, -0.1) is 26.3 Å². The summed E-state index contributed by atoms with van der Waals surface area (Å²) in [5, 5.41) is 3.08. The van der Waals surface area contributed by atoms with Crippen molar-refractivity contribution in [1.29, 1.82) is 0 Å². The van der Waals surface area contributed by atoms with Crippen LogP contribution in [0.4, 0.5) is 31.5 Å². The van der Waals surface area contributed by atoms with Crippen LogP contribution in [0.3, 0.4) is 0 Å². The van der Waals surface area contributed by atoms with E-state index < -0.39 is 46.2 Å². The average Bonchev–Trinajstić information content (AvgIpc) is 3.42. The Bertz CT molecular complexity index is 2000. The van der Waals surface area contributed by atoms with Gasteiger partial charge in [0.1, 0.15) is 17.5 Å². The predicted octanol–water partition coefficient (Wildman–Crippen LogP) is 5.03. The van der Waals surface area contributed by atoms with Crippen molar-refractivity contribution in [2.45, 2.75) is 30.2 Å². The molecule has 4 aromatic rings. The lowest BCUT2D eigenvalue weighted by Crippen LogP contribution is -2.60. The third kappa shape index (κ3) is 7.52. The number of halogens is 6. The Morgan fingerprint density at radius 3 is 2.15 bits per heavy atom. The minimum atomic E-state index is -4.98. The van der Waals surface area contributed by atoms with Crippen LogP contribution in [0.2, 0.25) is 0 Å². The van der Waals surface area contributed by atoms with E-state index in [1.807, 2.05) is 18.2 Å². The number of nitrogens with zero attached hydrogens (tertiary/aromatic N) is 5. The van der Waals surface area contributed by atoms with Gasteiger partial charge in [-0.1, -0.05) is 41.7 Å². The lowest BCUT2D eigenvalue weighted by atomic mass is 10.1. The second-order valence-electron chi connectivity index (χ2n) is 10.4. The maximum Gasteiger partial charge on any atom is 0.573 e. The standard InChI is InChI=1S/C29H22F6N6O5S2/c30-28(31,32)45-19-6-4-17(5-7-19)14-37-26(42)22-16-40(27-39-25-23(47-27)15-36-24(38-25)18-2-1-3-18)12-13-41(22)48(43,44)21-10-8-20(9-11-21)46-29(33,34)35/h1-11,15,22H,12-14,16H2,(H,37,42)/t22-/m1/s1. The molecule has 0 radical (unpaired) electrons. The van der Waals surface area contributed by atoms with E-state index in [4.69, 9.17) is 0 Å². The van der Waals surface area contributed by atoms with Gasteiger partial charge in [0.15, 0.2) is 16.6 Å². The van der Waals surface area contributed by atoms with E-state index in [1.165, 1.54) is 23.5 Å². The van der Waals surface area contributed by atoms with Crippen molar-refractivity contribution in [1.82, 2.24) is 24.6 Å². The lowest BCUT2D eigenvalue weighted by Gasteiger charge is -2.39. The number of carbonyl (C=O) groups excluding carboxylic acids is 1. The highest BCUT2D eigenvalue weighted by atomic mass is 32.2. The molecule has 1 saturated heterocycles. The molecule has 1 atom stereocenters. The molecular weight excluding hydrogens is 690 g/mol. The van der Waals surface area contributed by atoms with Gasteiger partial charge in [0.05, 0.1) is 15.8 Å². The maximum atomic E-state index is 13.8. The Labute approximate surface area is 272 Å². The molecule has 2 aromatic heterocycles. The van der Waals surface area contributed by atoms with Crippen LogP contribution in [-0.2, 0) is 21.4 Å². The van der Waals surface area contributed by atoms with Gasteiger partial charge in [0, 0.05) is 31.8 Å². The smallest absolute Gasteiger partial charge is 0.406 e. The zero-order valence-corrected chi connectivity index (χ0v) is 25.8. The van der Waals surface area contributed by atoms with Gasteiger partial charge in [-0.05, 0) is 42.0 Å². The number of alkyl halides is 6. The second-order valence-corrected chi connectivity index (χ2v) is 13.3. The fourth-order valence-corrected chi connectivity index (χ4v) is 7.33. The summed E-state index contributed by atoms with van der Waals surface area (Å²) >= 11 is 1.25. The quantitative estimate of drug-likeness (QED) is 0.238. The number of piperazine rings is 1. The summed E-state index contributed by atoms with van der Waals surface area (Å²) in [5.41, 5.74) is 1.65. The molecule has 0 spiro atoms. The molecule has 0 saturated carbocycles. The molecule has 0 unspecified atom stereocenters. The number of allylic oxidation sites excluding steroid dienone is 4. The van der Waals surface area contributed by atoms with Gasteiger partial charge in [-0.2, -0.15) is 9.29 Å². The number of hydrogen-bond acceptors (Lipinski definition) is 10.